The van der Waals surface area contributed by atoms with Gasteiger partial charge in [-0.2, -0.15) is 0 Å². The molecule has 2 aliphatic carbocycles. The van der Waals surface area contributed by atoms with Crippen molar-refractivity contribution in [2.45, 2.75) is 38.5 Å². The van der Waals surface area contributed by atoms with Gasteiger partial charge in [0.1, 0.15) is 5.01 Å². The minimum absolute atomic E-state index is 0.0849. The van der Waals surface area contributed by atoms with Gasteiger partial charge in [-0.1, -0.05) is 94.4 Å². The minimum Gasteiger partial charge on any atom is -0.256 e. The number of nitrogens with zero attached hydrogens (tertiary/aromatic N) is 2. The number of aromatic nitrogens is 2. The van der Waals surface area contributed by atoms with Gasteiger partial charge in [0, 0.05) is 28.2 Å². The van der Waals surface area contributed by atoms with Crippen molar-refractivity contribution in [2.24, 2.45) is 0 Å². The Kier molecular flexibility index (Phi) is 5.12. The number of benzene rings is 4. The van der Waals surface area contributed by atoms with Crippen LogP contribution in [0.15, 0.2) is 109 Å². The maximum atomic E-state index is 4.85. The number of hydrogen-bond donors (Lipinski definition) is 0. The van der Waals surface area contributed by atoms with E-state index in [0.717, 1.165) is 16.2 Å². The topological polar surface area (TPSA) is 25.8 Å². The van der Waals surface area contributed by atoms with Crippen molar-refractivity contribution in [2.75, 3.05) is 0 Å². The molecule has 0 atom stereocenters. The van der Waals surface area contributed by atoms with Crippen LogP contribution >= 0.6 is 11.3 Å². The van der Waals surface area contributed by atoms with Gasteiger partial charge in [-0.3, -0.25) is 4.98 Å². The second-order valence-corrected chi connectivity index (χ2v) is 13.3. The minimum atomic E-state index is -0.0867. The number of para-hydroxylation sites is 1. The molecule has 0 saturated carbocycles. The summed E-state index contributed by atoms with van der Waals surface area (Å²) in [7, 11) is 0. The summed E-state index contributed by atoms with van der Waals surface area (Å²) in [6, 6.07) is 37.4. The Balaban J connectivity index is 1.16. The number of rotatable bonds is 3. The van der Waals surface area contributed by atoms with Crippen LogP contribution in [0.5, 0.6) is 0 Å². The molecule has 41 heavy (non-hydrogen) atoms. The predicted octanol–water partition coefficient (Wildman–Crippen LogP) is 10.2. The smallest absolute Gasteiger partial charge is 0.124 e. The molecule has 6 aromatic rings. The fourth-order valence-corrected chi connectivity index (χ4v) is 8.04. The molecule has 2 nitrogen and oxygen atoms in total. The Morgan fingerprint density at radius 3 is 1.80 bits per heavy atom. The van der Waals surface area contributed by atoms with Gasteiger partial charge in [-0.15, -0.1) is 11.3 Å². The van der Waals surface area contributed by atoms with E-state index in [9.17, 15) is 0 Å². The van der Waals surface area contributed by atoms with Crippen LogP contribution in [0.3, 0.4) is 0 Å². The highest BCUT2D eigenvalue weighted by atomic mass is 32.1. The van der Waals surface area contributed by atoms with Crippen molar-refractivity contribution in [3.63, 3.8) is 0 Å². The van der Waals surface area contributed by atoms with Crippen molar-refractivity contribution in [1.29, 1.82) is 0 Å². The van der Waals surface area contributed by atoms with E-state index in [1.54, 1.807) is 11.3 Å². The normalized spacial score (nSPS) is 16.1. The van der Waals surface area contributed by atoms with Crippen molar-refractivity contribution in [1.82, 2.24) is 9.97 Å². The summed E-state index contributed by atoms with van der Waals surface area (Å²) in [5, 5.41) is 1.07. The molecule has 198 valence electrons. The molecule has 2 aliphatic rings. The molecule has 0 bridgehead atoms. The molecule has 0 fully saturated rings. The monoisotopic (exact) mass is 546 g/mol. The molecule has 0 unspecified atom stereocenters. The zero-order valence-corrected chi connectivity index (χ0v) is 24.5. The Labute approximate surface area is 245 Å². The maximum Gasteiger partial charge on any atom is 0.124 e. The van der Waals surface area contributed by atoms with Gasteiger partial charge in [-0.05, 0) is 80.9 Å². The number of allylic oxidation sites excluding steroid dienone is 2. The molecule has 2 heterocycles. The van der Waals surface area contributed by atoms with Crippen LogP contribution in [0.4, 0.5) is 0 Å². The lowest BCUT2D eigenvalue weighted by Crippen LogP contribution is -2.19. The summed E-state index contributed by atoms with van der Waals surface area (Å²) in [6.07, 6.45) is 1.87. The van der Waals surface area contributed by atoms with Crippen molar-refractivity contribution in [3.8, 4) is 33.0 Å². The Bertz CT molecular complexity index is 1990. The molecule has 0 radical (unpaired) electrons. The lowest BCUT2D eigenvalue weighted by Gasteiger charge is -2.28. The number of fused-ring (bicyclic) bond motifs is 5. The molecule has 0 saturated heterocycles. The zero-order valence-electron chi connectivity index (χ0n) is 23.7. The van der Waals surface area contributed by atoms with E-state index < -0.39 is 0 Å². The first-order valence-corrected chi connectivity index (χ1v) is 15.1. The SMILES string of the molecule is CC1(C)C2=C(c3ccc(-c4ccc(-c5nc6ccccc6s5)cc4)cc31)C(C)(C)c1cc(-c3ccccn3)ccc12. The van der Waals surface area contributed by atoms with E-state index in [4.69, 9.17) is 4.98 Å². The van der Waals surface area contributed by atoms with Crippen molar-refractivity contribution in [3.05, 3.63) is 132 Å². The Morgan fingerprint density at radius 2 is 1.15 bits per heavy atom. The number of hydrogen-bond acceptors (Lipinski definition) is 3. The molecule has 4 aromatic carbocycles. The van der Waals surface area contributed by atoms with Crippen LogP contribution in [0.1, 0.15) is 49.9 Å². The van der Waals surface area contributed by atoms with Crippen LogP contribution in [-0.4, -0.2) is 9.97 Å². The molecular weight excluding hydrogens is 516 g/mol. The van der Waals surface area contributed by atoms with Gasteiger partial charge in [0.15, 0.2) is 0 Å². The molecule has 0 amide bonds. The van der Waals surface area contributed by atoms with Gasteiger partial charge in [0.2, 0.25) is 0 Å². The van der Waals surface area contributed by atoms with Gasteiger partial charge in [0.05, 0.1) is 15.9 Å². The van der Waals surface area contributed by atoms with Crippen LogP contribution in [0.25, 0.3) is 54.3 Å². The Morgan fingerprint density at radius 1 is 0.561 bits per heavy atom. The van der Waals surface area contributed by atoms with Crippen LogP contribution < -0.4 is 0 Å². The van der Waals surface area contributed by atoms with Crippen LogP contribution in [-0.2, 0) is 10.8 Å². The molecule has 0 aliphatic heterocycles. The highest BCUT2D eigenvalue weighted by Gasteiger charge is 2.49. The molecule has 8 rings (SSSR count). The van der Waals surface area contributed by atoms with E-state index in [2.05, 4.69) is 124 Å². The largest absolute Gasteiger partial charge is 0.256 e. The molecular formula is C38H30N2S. The fraction of sp³-hybridized carbons (Fsp3) is 0.158. The van der Waals surface area contributed by atoms with E-state index >= 15 is 0 Å². The summed E-state index contributed by atoms with van der Waals surface area (Å²) in [5.74, 6) is 0. The van der Waals surface area contributed by atoms with E-state index in [-0.39, 0.29) is 10.8 Å². The van der Waals surface area contributed by atoms with Gasteiger partial charge < -0.3 is 0 Å². The highest BCUT2D eigenvalue weighted by Crippen LogP contribution is 2.63. The second kappa shape index (κ2) is 8.58. The second-order valence-electron chi connectivity index (χ2n) is 12.3. The summed E-state index contributed by atoms with van der Waals surface area (Å²) >= 11 is 1.75. The standard InChI is InChI=1S/C38H30N2S/c1-37(2)29-21-25(23-12-14-24(15-13-23)36-40-32-10-5-6-11-33(32)41-36)16-18-27(29)34-35(37)28-19-17-26(22-30(28)38(34,3)4)31-9-7-8-20-39-31/h5-22H,1-4H3. The average Bonchev–Trinajstić information content (AvgIpc) is 3.61. The molecule has 3 heteroatoms. The maximum absolute atomic E-state index is 4.85. The van der Waals surface area contributed by atoms with E-state index in [1.807, 2.05) is 18.3 Å². The van der Waals surface area contributed by atoms with Gasteiger partial charge in [0.25, 0.3) is 0 Å². The van der Waals surface area contributed by atoms with E-state index in [1.165, 1.54) is 60.4 Å². The summed E-state index contributed by atoms with van der Waals surface area (Å²) in [6.45, 7) is 9.56. The van der Waals surface area contributed by atoms with Gasteiger partial charge in [-0.25, -0.2) is 4.98 Å². The summed E-state index contributed by atoms with van der Waals surface area (Å²) in [5.41, 5.74) is 15.3. The third-order valence-corrected chi connectivity index (χ3v) is 10.2. The predicted molar refractivity (Wildman–Crippen MR) is 173 cm³/mol. The highest BCUT2D eigenvalue weighted by molar-refractivity contribution is 7.21. The third kappa shape index (κ3) is 3.55. The average molecular weight is 547 g/mol. The summed E-state index contributed by atoms with van der Waals surface area (Å²) < 4.78 is 1.23. The molecule has 2 aromatic heterocycles. The van der Waals surface area contributed by atoms with Crippen molar-refractivity contribution >= 4 is 32.7 Å². The van der Waals surface area contributed by atoms with Crippen LogP contribution in [0.2, 0.25) is 0 Å². The lowest BCUT2D eigenvalue weighted by atomic mass is 9.75. The first kappa shape index (κ1) is 24.5. The fourth-order valence-electron chi connectivity index (χ4n) is 7.07. The Hall–Kier alpha value is -4.34. The first-order valence-electron chi connectivity index (χ1n) is 14.3. The molecule has 0 spiro atoms. The number of thiazole rings is 1. The first-order chi connectivity index (χ1) is 19.8. The van der Waals surface area contributed by atoms with E-state index in [0.29, 0.717) is 0 Å². The third-order valence-electron chi connectivity index (χ3n) is 9.14. The quantitative estimate of drug-likeness (QED) is 0.221. The van der Waals surface area contributed by atoms with Crippen molar-refractivity contribution < 1.29 is 0 Å². The zero-order chi connectivity index (χ0) is 27.9. The number of pyridine rings is 1. The van der Waals surface area contributed by atoms with Gasteiger partial charge >= 0.3 is 0 Å². The lowest BCUT2D eigenvalue weighted by molar-refractivity contribution is 0.694. The summed E-state index contributed by atoms with van der Waals surface area (Å²) in [4.78, 5) is 9.46. The van der Waals surface area contributed by atoms with Crippen LogP contribution in [0, 0.1) is 0 Å². The molecule has 0 N–H and O–H groups in total.